The summed E-state index contributed by atoms with van der Waals surface area (Å²) in [7, 11) is 0. The van der Waals surface area contributed by atoms with Crippen LogP contribution in [0.15, 0.2) is 59.8 Å². The summed E-state index contributed by atoms with van der Waals surface area (Å²) < 4.78 is 27.5. The molecular formula is C27H29F2N9. The van der Waals surface area contributed by atoms with E-state index in [0.29, 0.717) is 44.0 Å². The lowest BCUT2D eigenvalue weighted by atomic mass is 9.91. The number of allylic oxidation sites excluding steroid dienone is 1. The molecular weight excluding hydrogens is 488 g/mol. The Balaban J connectivity index is 1.05. The first-order valence-corrected chi connectivity index (χ1v) is 12.9. The SMILES string of the molecule is Fc1cccc(Cc2cnc(N3CCN(c4ncnc(NC5=CC6=C(CCNC6)CC5)n4)CC3)nc2)c1F. The highest BCUT2D eigenvalue weighted by molar-refractivity contribution is 5.46. The largest absolute Gasteiger partial charge is 0.337 e. The van der Waals surface area contributed by atoms with E-state index < -0.39 is 11.6 Å². The molecule has 2 aromatic heterocycles. The van der Waals surface area contributed by atoms with Crippen molar-refractivity contribution in [1.82, 2.24) is 30.2 Å². The van der Waals surface area contributed by atoms with Crippen LogP contribution in [0, 0.1) is 11.6 Å². The molecule has 0 atom stereocenters. The summed E-state index contributed by atoms with van der Waals surface area (Å²) in [6, 6.07) is 4.19. The Labute approximate surface area is 219 Å². The molecule has 3 aromatic rings. The Kier molecular flexibility index (Phi) is 6.91. The Bertz CT molecular complexity index is 1370. The van der Waals surface area contributed by atoms with Gasteiger partial charge in [-0.2, -0.15) is 4.98 Å². The Morgan fingerprint density at radius 3 is 2.50 bits per heavy atom. The minimum atomic E-state index is -0.849. The predicted molar refractivity (Wildman–Crippen MR) is 141 cm³/mol. The van der Waals surface area contributed by atoms with Crippen molar-refractivity contribution in [1.29, 1.82) is 0 Å². The van der Waals surface area contributed by atoms with Gasteiger partial charge in [0.1, 0.15) is 6.33 Å². The van der Waals surface area contributed by atoms with Gasteiger partial charge in [-0.15, -0.1) is 0 Å². The Hall–Kier alpha value is -3.99. The van der Waals surface area contributed by atoms with Gasteiger partial charge in [0.25, 0.3) is 0 Å². The molecule has 0 spiro atoms. The van der Waals surface area contributed by atoms with Crippen molar-refractivity contribution in [3.8, 4) is 0 Å². The normalized spacial score (nSPS) is 17.8. The maximum atomic E-state index is 14.0. The van der Waals surface area contributed by atoms with Crippen molar-refractivity contribution in [3.05, 3.63) is 82.6 Å². The first-order chi connectivity index (χ1) is 18.6. The standard InChI is InChI=1S/C27H29F2N9/c28-23-3-1-2-20(24(23)29)12-18-14-31-26(32-15-18)37-8-10-38(11-9-37)27-34-17-33-25(36-27)35-22-5-4-19-6-7-30-16-21(19)13-22/h1-3,13-15,17,30H,4-12,16H2,(H,33,34,35,36). The van der Waals surface area contributed by atoms with Gasteiger partial charge in [-0.3, -0.25) is 0 Å². The fourth-order valence-corrected chi connectivity index (χ4v) is 5.11. The van der Waals surface area contributed by atoms with Crippen molar-refractivity contribution >= 4 is 17.8 Å². The number of hydrogen-bond donors (Lipinski definition) is 2. The van der Waals surface area contributed by atoms with Crippen LogP contribution in [0.1, 0.15) is 30.4 Å². The minimum Gasteiger partial charge on any atom is -0.337 e. The zero-order valence-electron chi connectivity index (χ0n) is 21.0. The molecule has 0 radical (unpaired) electrons. The summed E-state index contributed by atoms with van der Waals surface area (Å²) in [6.07, 6.45) is 10.5. The molecule has 0 saturated carbocycles. The number of anilines is 3. The van der Waals surface area contributed by atoms with Crippen LogP contribution in [0.3, 0.4) is 0 Å². The molecule has 196 valence electrons. The smallest absolute Gasteiger partial charge is 0.231 e. The van der Waals surface area contributed by atoms with E-state index in [4.69, 9.17) is 0 Å². The number of benzene rings is 1. The molecule has 0 unspecified atom stereocenters. The number of halogens is 2. The van der Waals surface area contributed by atoms with E-state index in [0.717, 1.165) is 49.7 Å². The van der Waals surface area contributed by atoms with E-state index >= 15 is 0 Å². The molecule has 1 fully saturated rings. The highest BCUT2D eigenvalue weighted by Gasteiger charge is 2.22. The second-order valence-electron chi connectivity index (χ2n) is 9.71. The molecule has 2 N–H and O–H groups in total. The summed E-state index contributed by atoms with van der Waals surface area (Å²) in [5, 5.41) is 6.83. The Morgan fingerprint density at radius 1 is 0.895 bits per heavy atom. The van der Waals surface area contributed by atoms with Gasteiger partial charge in [-0.25, -0.2) is 28.7 Å². The Morgan fingerprint density at radius 2 is 1.68 bits per heavy atom. The van der Waals surface area contributed by atoms with Crippen LogP contribution < -0.4 is 20.4 Å². The van der Waals surface area contributed by atoms with Gasteiger partial charge in [0.15, 0.2) is 11.6 Å². The number of hydrogen-bond acceptors (Lipinski definition) is 9. The van der Waals surface area contributed by atoms with Crippen LogP contribution in [-0.4, -0.2) is 64.2 Å². The summed E-state index contributed by atoms with van der Waals surface area (Å²) in [4.78, 5) is 26.6. The molecule has 1 saturated heterocycles. The summed E-state index contributed by atoms with van der Waals surface area (Å²) >= 11 is 0. The first kappa shape index (κ1) is 24.4. The fraction of sp³-hybridized carbons (Fsp3) is 0.370. The molecule has 1 aromatic carbocycles. The van der Waals surface area contributed by atoms with Crippen LogP contribution in [0.5, 0.6) is 0 Å². The van der Waals surface area contributed by atoms with E-state index in [9.17, 15) is 8.78 Å². The maximum absolute atomic E-state index is 14.0. The van der Waals surface area contributed by atoms with E-state index in [1.807, 2.05) is 0 Å². The number of rotatable bonds is 6. The minimum absolute atomic E-state index is 0.236. The van der Waals surface area contributed by atoms with Gasteiger partial charge >= 0.3 is 0 Å². The van der Waals surface area contributed by atoms with E-state index in [-0.39, 0.29) is 12.0 Å². The maximum Gasteiger partial charge on any atom is 0.231 e. The molecule has 0 amide bonds. The monoisotopic (exact) mass is 517 g/mol. The second-order valence-corrected chi connectivity index (χ2v) is 9.71. The summed E-state index contributed by atoms with van der Waals surface area (Å²) in [5.41, 5.74) is 5.08. The predicted octanol–water partition coefficient (Wildman–Crippen LogP) is 3.24. The van der Waals surface area contributed by atoms with Crippen LogP contribution in [0.25, 0.3) is 0 Å². The quantitative estimate of drug-likeness (QED) is 0.511. The molecule has 9 nitrogen and oxygen atoms in total. The van der Waals surface area contributed by atoms with Gasteiger partial charge < -0.3 is 20.4 Å². The van der Waals surface area contributed by atoms with Crippen molar-refractivity contribution < 1.29 is 8.78 Å². The molecule has 1 aliphatic carbocycles. The molecule has 6 rings (SSSR count). The van der Waals surface area contributed by atoms with Crippen molar-refractivity contribution in [2.75, 3.05) is 54.4 Å². The summed E-state index contributed by atoms with van der Waals surface area (Å²) in [5.74, 6) is 0.142. The highest BCUT2D eigenvalue weighted by atomic mass is 19.2. The molecule has 2 aliphatic heterocycles. The van der Waals surface area contributed by atoms with Crippen LogP contribution in [0.4, 0.5) is 26.6 Å². The van der Waals surface area contributed by atoms with Crippen molar-refractivity contribution in [2.24, 2.45) is 0 Å². The third-order valence-electron chi connectivity index (χ3n) is 7.21. The van der Waals surface area contributed by atoms with Gasteiger partial charge in [0.2, 0.25) is 17.8 Å². The zero-order chi connectivity index (χ0) is 25.9. The number of nitrogens with one attached hydrogen (secondary N) is 2. The fourth-order valence-electron chi connectivity index (χ4n) is 5.11. The van der Waals surface area contributed by atoms with E-state index in [2.05, 4.69) is 51.4 Å². The average Bonchev–Trinajstić information content (AvgIpc) is 2.96. The van der Waals surface area contributed by atoms with Crippen LogP contribution >= 0.6 is 0 Å². The van der Waals surface area contributed by atoms with Crippen LogP contribution in [-0.2, 0) is 6.42 Å². The average molecular weight is 518 g/mol. The lowest BCUT2D eigenvalue weighted by Crippen LogP contribution is -2.47. The zero-order valence-corrected chi connectivity index (χ0v) is 21.0. The third kappa shape index (κ3) is 5.33. The summed E-state index contributed by atoms with van der Waals surface area (Å²) in [6.45, 7) is 4.84. The van der Waals surface area contributed by atoms with Gasteiger partial charge in [-0.05, 0) is 54.6 Å². The lowest BCUT2D eigenvalue weighted by molar-refractivity contribution is 0.500. The molecule has 38 heavy (non-hydrogen) atoms. The second kappa shape index (κ2) is 10.8. The van der Waals surface area contributed by atoms with Crippen LogP contribution in [0.2, 0.25) is 0 Å². The number of aromatic nitrogens is 5. The third-order valence-corrected chi connectivity index (χ3v) is 7.21. The number of piperazine rings is 1. The van der Waals surface area contributed by atoms with Crippen molar-refractivity contribution in [2.45, 2.75) is 25.7 Å². The van der Waals surface area contributed by atoms with E-state index in [1.54, 1.807) is 30.4 Å². The van der Waals surface area contributed by atoms with Gasteiger partial charge in [-0.1, -0.05) is 17.7 Å². The number of nitrogens with zero attached hydrogens (tertiary/aromatic N) is 7. The highest BCUT2D eigenvalue weighted by Crippen LogP contribution is 2.28. The topological polar surface area (TPSA) is 95.0 Å². The molecule has 4 heterocycles. The molecule has 11 heteroatoms. The van der Waals surface area contributed by atoms with Gasteiger partial charge in [0.05, 0.1) is 0 Å². The van der Waals surface area contributed by atoms with Crippen molar-refractivity contribution in [3.63, 3.8) is 0 Å². The molecule has 3 aliphatic rings. The lowest BCUT2D eigenvalue weighted by Gasteiger charge is -2.34. The first-order valence-electron chi connectivity index (χ1n) is 12.9. The van der Waals surface area contributed by atoms with Gasteiger partial charge in [0, 0.05) is 57.2 Å². The van der Waals surface area contributed by atoms with E-state index in [1.165, 1.54) is 11.6 Å². The molecule has 0 bridgehead atoms.